The van der Waals surface area contributed by atoms with Crippen LogP contribution in [0.5, 0.6) is 0 Å². The summed E-state index contributed by atoms with van der Waals surface area (Å²) in [6.45, 7) is 6.43. The zero-order valence-corrected chi connectivity index (χ0v) is 20.6. The van der Waals surface area contributed by atoms with E-state index in [0.717, 1.165) is 16.7 Å². The number of benzene rings is 2. The molecule has 0 saturated heterocycles. The van der Waals surface area contributed by atoms with Gasteiger partial charge in [0.1, 0.15) is 5.60 Å². The molecular formula is C26H30ClN3O4. The van der Waals surface area contributed by atoms with Gasteiger partial charge in [0.15, 0.2) is 0 Å². The predicted octanol–water partition coefficient (Wildman–Crippen LogP) is 5.14. The number of hydrogen-bond donors (Lipinski definition) is 2. The van der Waals surface area contributed by atoms with Crippen molar-refractivity contribution in [2.75, 3.05) is 13.7 Å². The largest absolute Gasteiger partial charge is 0.443 e. The van der Waals surface area contributed by atoms with Crippen LogP contribution in [0, 0.1) is 0 Å². The minimum absolute atomic E-state index is 0.211. The molecule has 0 aliphatic carbocycles. The maximum Gasteiger partial charge on any atom is 0.419 e. The topological polar surface area (TPSA) is 95.6 Å². The molecule has 2 aromatic carbocycles. The second kappa shape index (κ2) is 9.50. The summed E-state index contributed by atoms with van der Waals surface area (Å²) in [5.41, 5.74) is 9.00. The third-order valence-corrected chi connectivity index (χ3v) is 6.36. The van der Waals surface area contributed by atoms with Gasteiger partial charge in [-0.2, -0.15) is 0 Å². The number of ether oxygens (including phenoxy) is 2. The highest BCUT2D eigenvalue weighted by molar-refractivity contribution is 6.36. The van der Waals surface area contributed by atoms with E-state index >= 15 is 0 Å². The lowest BCUT2D eigenvalue weighted by Gasteiger charge is -2.21. The van der Waals surface area contributed by atoms with Crippen LogP contribution in [-0.2, 0) is 16.0 Å². The van der Waals surface area contributed by atoms with Crippen LogP contribution >= 0.6 is 11.6 Å². The predicted molar refractivity (Wildman–Crippen MR) is 132 cm³/mol. The van der Waals surface area contributed by atoms with Crippen molar-refractivity contribution in [2.24, 2.45) is 5.73 Å². The number of fused-ring (bicyclic) bond motifs is 2. The van der Waals surface area contributed by atoms with Crippen molar-refractivity contribution < 1.29 is 19.1 Å². The Morgan fingerprint density at radius 2 is 1.97 bits per heavy atom. The first kappa shape index (κ1) is 24.4. The van der Waals surface area contributed by atoms with Crippen molar-refractivity contribution in [1.82, 2.24) is 9.88 Å². The molecule has 1 aliphatic heterocycles. The summed E-state index contributed by atoms with van der Waals surface area (Å²) < 4.78 is 12.1. The molecule has 4 rings (SSSR count). The molecule has 1 aromatic heterocycles. The number of Topliss-reactive ketones (excluding diaryl/α,β-unsaturated/α-hetero) is 1. The zero-order chi connectivity index (χ0) is 24.6. The van der Waals surface area contributed by atoms with Gasteiger partial charge >= 0.3 is 6.09 Å². The molecule has 0 radical (unpaired) electrons. The highest BCUT2D eigenvalue weighted by Gasteiger charge is 2.34. The molecule has 3 aromatic rings. The highest BCUT2D eigenvalue weighted by Crippen LogP contribution is 2.36. The summed E-state index contributed by atoms with van der Waals surface area (Å²) in [6, 6.07) is 12.1. The fourth-order valence-electron chi connectivity index (χ4n) is 4.32. The Hall–Kier alpha value is -2.71. The minimum Gasteiger partial charge on any atom is -0.443 e. The first-order valence-electron chi connectivity index (χ1n) is 11.3. The summed E-state index contributed by atoms with van der Waals surface area (Å²) in [4.78, 5) is 27.0. The molecule has 2 atom stereocenters. The van der Waals surface area contributed by atoms with Crippen molar-refractivity contribution in [3.05, 3.63) is 69.9 Å². The van der Waals surface area contributed by atoms with Crippen molar-refractivity contribution in [1.29, 1.82) is 0 Å². The number of ketones is 1. The van der Waals surface area contributed by atoms with Crippen LogP contribution in [0.1, 0.15) is 66.5 Å². The van der Waals surface area contributed by atoms with Crippen molar-refractivity contribution >= 4 is 34.4 Å². The molecule has 0 amide bonds. The number of hydrogen-bond acceptors (Lipinski definition) is 6. The lowest BCUT2D eigenvalue weighted by atomic mass is 10.00. The number of carbonyl (C=O) groups excluding carboxylic acids is 2. The van der Waals surface area contributed by atoms with Gasteiger partial charge in [-0.05, 0) is 56.0 Å². The number of methoxy groups -OCH3 is 1. The van der Waals surface area contributed by atoms with E-state index < -0.39 is 17.7 Å². The van der Waals surface area contributed by atoms with Crippen LogP contribution in [0.3, 0.4) is 0 Å². The van der Waals surface area contributed by atoms with Gasteiger partial charge in [0, 0.05) is 31.7 Å². The van der Waals surface area contributed by atoms with Crippen molar-refractivity contribution in [3.8, 4) is 0 Å². The van der Waals surface area contributed by atoms with E-state index in [1.54, 1.807) is 46.1 Å². The maximum absolute atomic E-state index is 13.8. The summed E-state index contributed by atoms with van der Waals surface area (Å²) in [5, 5.41) is 4.26. The average molecular weight is 484 g/mol. The van der Waals surface area contributed by atoms with Gasteiger partial charge in [0.25, 0.3) is 0 Å². The van der Waals surface area contributed by atoms with Crippen LogP contribution in [-0.4, -0.2) is 35.8 Å². The van der Waals surface area contributed by atoms with Gasteiger partial charge in [-0.15, -0.1) is 0 Å². The lowest BCUT2D eigenvalue weighted by Crippen LogP contribution is -2.31. The molecule has 0 fully saturated rings. The van der Waals surface area contributed by atoms with E-state index in [1.165, 1.54) is 4.57 Å². The Balaban J connectivity index is 1.84. The molecule has 34 heavy (non-hydrogen) atoms. The molecule has 7 nitrogen and oxygen atoms in total. The second-order valence-electron chi connectivity index (χ2n) is 9.51. The fourth-order valence-corrected chi connectivity index (χ4v) is 4.67. The van der Waals surface area contributed by atoms with Gasteiger partial charge in [0.2, 0.25) is 5.78 Å². The number of nitrogens with one attached hydrogen (secondary N) is 1. The first-order chi connectivity index (χ1) is 16.1. The van der Waals surface area contributed by atoms with Crippen LogP contribution in [0.4, 0.5) is 4.79 Å². The van der Waals surface area contributed by atoms with Gasteiger partial charge in [-0.3, -0.25) is 10.1 Å². The number of aromatic nitrogens is 1. The van der Waals surface area contributed by atoms with Gasteiger partial charge in [-0.25, -0.2) is 9.36 Å². The Morgan fingerprint density at radius 1 is 1.24 bits per heavy atom. The van der Waals surface area contributed by atoms with Crippen LogP contribution in [0.2, 0.25) is 5.02 Å². The highest BCUT2D eigenvalue weighted by atomic mass is 35.5. The van der Waals surface area contributed by atoms with Crippen molar-refractivity contribution in [3.63, 3.8) is 0 Å². The monoisotopic (exact) mass is 483 g/mol. The number of nitrogens with zero attached hydrogens (tertiary/aromatic N) is 1. The average Bonchev–Trinajstić information content (AvgIpc) is 3.38. The molecule has 8 heteroatoms. The molecule has 3 N–H and O–H groups in total. The summed E-state index contributed by atoms with van der Waals surface area (Å²) in [5.74, 6) is -0.228. The van der Waals surface area contributed by atoms with E-state index in [1.807, 2.05) is 24.3 Å². The van der Waals surface area contributed by atoms with E-state index in [9.17, 15) is 9.59 Å². The van der Waals surface area contributed by atoms with E-state index in [0.29, 0.717) is 35.5 Å². The molecular weight excluding hydrogens is 454 g/mol. The van der Waals surface area contributed by atoms with Gasteiger partial charge in [0.05, 0.1) is 22.3 Å². The van der Waals surface area contributed by atoms with Gasteiger partial charge in [-0.1, -0.05) is 41.9 Å². The SMILES string of the molecule is COCCC(N)c1ccc2c(cc(C(=O)C3NCc4ccccc43)n2C(=O)OC(C)(C)C)c1Cl. The molecule has 0 bridgehead atoms. The fraction of sp³-hybridized carbons (Fsp3) is 0.385. The van der Waals surface area contributed by atoms with E-state index in [-0.39, 0.29) is 17.5 Å². The standard InChI is InChI=1S/C26H30ClN3O4/c1-26(2,3)34-25(32)30-20-10-9-17(19(28)11-12-33-4)22(27)18(20)13-21(30)24(31)23-16-8-6-5-7-15(16)14-29-23/h5-10,13,19,23,29H,11-12,14,28H2,1-4H3. The second-order valence-corrected chi connectivity index (χ2v) is 9.89. The van der Waals surface area contributed by atoms with E-state index in [4.69, 9.17) is 26.8 Å². The van der Waals surface area contributed by atoms with Crippen LogP contribution in [0.25, 0.3) is 10.9 Å². The molecule has 0 saturated carbocycles. The third kappa shape index (κ3) is 4.61. The lowest BCUT2D eigenvalue weighted by molar-refractivity contribution is 0.0534. The molecule has 2 heterocycles. The molecule has 1 aliphatic rings. The van der Waals surface area contributed by atoms with Crippen LogP contribution < -0.4 is 11.1 Å². The number of halogens is 1. The van der Waals surface area contributed by atoms with Crippen molar-refractivity contribution in [2.45, 2.75) is 51.4 Å². The summed E-state index contributed by atoms with van der Waals surface area (Å²) >= 11 is 6.77. The third-order valence-electron chi connectivity index (χ3n) is 5.94. The summed E-state index contributed by atoms with van der Waals surface area (Å²) in [7, 11) is 1.62. The molecule has 0 spiro atoms. The maximum atomic E-state index is 13.8. The minimum atomic E-state index is -0.738. The number of rotatable bonds is 6. The van der Waals surface area contributed by atoms with Crippen LogP contribution in [0.15, 0.2) is 42.5 Å². The Bertz CT molecular complexity index is 1240. The molecule has 180 valence electrons. The van der Waals surface area contributed by atoms with Gasteiger partial charge < -0.3 is 15.2 Å². The number of carbonyl (C=O) groups is 2. The summed E-state index contributed by atoms with van der Waals surface area (Å²) in [6.07, 6.45) is -0.0482. The zero-order valence-electron chi connectivity index (χ0n) is 19.9. The first-order valence-corrected chi connectivity index (χ1v) is 11.7. The quantitative estimate of drug-likeness (QED) is 0.471. The van der Waals surface area contributed by atoms with E-state index in [2.05, 4.69) is 5.32 Å². The Kier molecular flexibility index (Phi) is 6.82. The Labute approximate surface area is 204 Å². The smallest absolute Gasteiger partial charge is 0.419 e. The molecule has 2 unspecified atom stereocenters. The Morgan fingerprint density at radius 3 is 2.68 bits per heavy atom. The number of nitrogens with two attached hydrogens (primary N) is 1. The normalized spacial score (nSPS) is 16.5.